The predicted molar refractivity (Wildman–Crippen MR) is 93.4 cm³/mol. The van der Waals surface area contributed by atoms with Gasteiger partial charge in [0.05, 0.1) is 22.1 Å². The maximum absolute atomic E-state index is 12.6. The Kier molecular flexibility index (Phi) is 4.18. The van der Waals surface area contributed by atoms with E-state index in [-0.39, 0.29) is 17.2 Å². The number of H-pyrrole nitrogens is 1. The number of aromatic nitrogens is 4. The molecule has 0 bridgehead atoms. The number of para-hydroxylation sites is 3. The highest BCUT2D eigenvalue weighted by atomic mass is 32.2. The van der Waals surface area contributed by atoms with E-state index in [2.05, 4.69) is 15.2 Å². The normalized spacial score (nSPS) is 11.1. The minimum Gasteiger partial charge on any atom is -0.539 e. The maximum Gasteiger partial charge on any atom is 0.307 e. The highest BCUT2D eigenvalue weighted by molar-refractivity contribution is 7.99. The van der Waals surface area contributed by atoms with E-state index in [1.807, 2.05) is 49.4 Å². The van der Waals surface area contributed by atoms with Gasteiger partial charge in [0, 0.05) is 11.6 Å². The number of rotatable bonds is 5. The second-order valence-electron chi connectivity index (χ2n) is 5.68. The van der Waals surface area contributed by atoms with Crippen molar-refractivity contribution in [2.75, 3.05) is 5.75 Å². The third-order valence-electron chi connectivity index (χ3n) is 3.93. The summed E-state index contributed by atoms with van der Waals surface area (Å²) in [5.74, 6) is -1.07. The fourth-order valence-electron chi connectivity index (χ4n) is 2.65. The zero-order valence-electron chi connectivity index (χ0n) is 13.8. The smallest absolute Gasteiger partial charge is 0.307 e. The summed E-state index contributed by atoms with van der Waals surface area (Å²) in [4.78, 5) is 20.2. The Bertz CT molecular complexity index is 1070. The van der Waals surface area contributed by atoms with Gasteiger partial charge in [-0.3, -0.25) is 4.79 Å². The number of Topliss-reactive ketones (excluding diaryl/α,β-unsaturated/α-hetero) is 1. The number of carbonyl (C=O) groups is 1. The number of hydrogen-bond donors (Lipinski definition) is 1. The van der Waals surface area contributed by atoms with Crippen LogP contribution < -0.4 is 9.79 Å². The van der Waals surface area contributed by atoms with Crippen LogP contribution in [-0.2, 0) is 0 Å². The average molecular weight is 366 g/mol. The number of nitrogens with one attached hydrogen (secondary N) is 1. The minimum atomic E-state index is -0.747. The number of benzene rings is 2. The van der Waals surface area contributed by atoms with Crippen molar-refractivity contribution in [1.29, 1.82) is 0 Å². The first kappa shape index (κ1) is 16.3. The Labute approximate surface area is 152 Å². The molecule has 26 heavy (non-hydrogen) atoms. The number of aryl methyl sites for hydroxylation is 1. The van der Waals surface area contributed by atoms with E-state index in [1.165, 1.54) is 16.4 Å². The number of ketones is 1. The standard InChI is InChI=1S/C18H14N4O3S/c1-11-6-2-5-9-14(11)22-16(17(24)25-21-22)15(23)10-26-18-19-12-7-3-4-8-13(12)20-18/h2-9H,10H2,1H3,(H-,19,20,21,23,24). The quantitative estimate of drug-likeness (QED) is 0.330. The van der Waals surface area contributed by atoms with Crippen molar-refractivity contribution in [3.63, 3.8) is 0 Å². The molecule has 0 atom stereocenters. The molecule has 2 aromatic heterocycles. The SMILES string of the molecule is Cc1ccccc1-[n+]1noc([O-])c1C(=O)CSc1nc2ccccc2[nH]1. The van der Waals surface area contributed by atoms with Gasteiger partial charge < -0.3 is 14.6 Å². The molecule has 2 heterocycles. The molecule has 0 fully saturated rings. The summed E-state index contributed by atoms with van der Waals surface area (Å²) in [6, 6.07) is 14.9. The van der Waals surface area contributed by atoms with Crippen LogP contribution >= 0.6 is 11.8 Å². The van der Waals surface area contributed by atoms with Crippen molar-refractivity contribution < 1.29 is 19.1 Å². The van der Waals surface area contributed by atoms with Crippen LogP contribution in [0.15, 0.2) is 58.2 Å². The Morgan fingerprint density at radius 3 is 2.81 bits per heavy atom. The molecule has 0 unspecified atom stereocenters. The highest BCUT2D eigenvalue weighted by Gasteiger charge is 2.28. The lowest BCUT2D eigenvalue weighted by atomic mass is 10.2. The van der Waals surface area contributed by atoms with Crippen LogP contribution in [0.4, 0.5) is 0 Å². The van der Waals surface area contributed by atoms with Gasteiger partial charge in [0.25, 0.3) is 0 Å². The number of nitrogens with zero attached hydrogens (tertiary/aromatic N) is 3. The molecular formula is C18H14N4O3S. The van der Waals surface area contributed by atoms with Crippen molar-refractivity contribution in [3.8, 4) is 11.6 Å². The molecule has 0 aliphatic rings. The number of imidazole rings is 1. The van der Waals surface area contributed by atoms with Gasteiger partial charge in [-0.15, -0.1) is 0 Å². The second kappa shape index (κ2) is 6.64. The third kappa shape index (κ3) is 2.95. The third-order valence-corrected chi connectivity index (χ3v) is 4.80. The number of hydrogen-bond acceptors (Lipinski definition) is 6. The number of carbonyl (C=O) groups excluding carboxylic acids is 1. The molecule has 7 nitrogen and oxygen atoms in total. The van der Waals surface area contributed by atoms with Crippen LogP contribution in [0.25, 0.3) is 16.7 Å². The first-order chi connectivity index (χ1) is 12.6. The summed E-state index contributed by atoms with van der Waals surface area (Å²) in [5.41, 5.74) is 3.14. The van der Waals surface area contributed by atoms with E-state index in [9.17, 15) is 9.90 Å². The fraction of sp³-hybridized carbons (Fsp3) is 0.111. The molecular weight excluding hydrogens is 352 g/mol. The van der Waals surface area contributed by atoms with E-state index in [4.69, 9.17) is 4.52 Å². The number of aromatic amines is 1. The van der Waals surface area contributed by atoms with Crippen LogP contribution in [0, 0.1) is 6.92 Å². The van der Waals surface area contributed by atoms with Gasteiger partial charge in [0.2, 0.25) is 11.5 Å². The first-order valence-corrected chi connectivity index (χ1v) is 8.88. The van der Waals surface area contributed by atoms with Crippen molar-refractivity contribution in [3.05, 3.63) is 59.8 Å². The summed E-state index contributed by atoms with van der Waals surface area (Å²) < 4.78 is 5.99. The molecule has 0 aliphatic carbocycles. The Hall–Kier alpha value is -3.13. The molecule has 0 amide bonds. The minimum absolute atomic E-state index is 0.0438. The molecule has 0 aliphatic heterocycles. The van der Waals surface area contributed by atoms with Crippen LogP contribution in [0.3, 0.4) is 0 Å². The van der Waals surface area contributed by atoms with E-state index < -0.39 is 5.95 Å². The Balaban J connectivity index is 1.59. The predicted octanol–water partition coefficient (Wildman–Crippen LogP) is 2.18. The molecule has 1 N–H and O–H groups in total. The summed E-state index contributed by atoms with van der Waals surface area (Å²) in [5, 5.41) is 16.4. The van der Waals surface area contributed by atoms with Gasteiger partial charge in [0.15, 0.2) is 11.1 Å². The molecule has 0 spiro atoms. The lowest BCUT2D eigenvalue weighted by Gasteiger charge is -1.99. The van der Waals surface area contributed by atoms with Gasteiger partial charge in [-0.1, -0.05) is 42.1 Å². The maximum atomic E-state index is 12.6. The summed E-state index contributed by atoms with van der Waals surface area (Å²) in [6.45, 7) is 1.87. The van der Waals surface area contributed by atoms with Crippen molar-refractivity contribution >= 4 is 28.6 Å². The van der Waals surface area contributed by atoms with Gasteiger partial charge in [-0.25, -0.2) is 4.98 Å². The molecule has 130 valence electrons. The van der Waals surface area contributed by atoms with Gasteiger partial charge in [-0.2, -0.15) is 0 Å². The van der Waals surface area contributed by atoms with Crippen LogP contribution in [0.1, 0.15) is 16.1 Å². The largest absolute Gasteiger partial charge is 0.539 e. The van der Waals surface area contributed by atoms with Crippen molar-refractivity contribution in [1.82, 2.24) is 15.2 Å². The summed E-state index contributed by atoms with van der Waals surface area (Å²) >= 11 is 1.23. The molecule has 0 radical (unpaired) electrons. The highest BCUT2D eigenvalue weighted by Crippen LogP contribution is 2.21. The zero-order valence-corrected chi connectivity index (χ0v) is 14.6. The molecule has 4 aromatic rings. The first-order valence-electron chi connectivity index (χ1n) is 7.89. The van der Waals surface area contributed by atoms with Crippen LogP contribution in [0.5, 0.6) is 5.95 Å². The topological polar surface area (TPSA) is 98.7 Å². The molecule has 0 saturated heterocycles. The summed E-state index contributed by atoms with van der Waals surface area (Å²) in [6.07, 6.45) is 0. The van der Waals surface area contributed by atoms with Crippen LogP contribution in [-0.4, -0.2) is 26.8 Å². The Morgan fingerprint density at radius 1 is 1.23 bits per heavy atom. The monoisotopic (exact) mass is 366 g/mol. The van der Waals surface area contributed by atoms with Crippen LogP contribution in [0.2, 0.25) is 0 Å². The average Bonchev–Trinajstić information content (AvgIpc) is 3.23. The second-order valence-corrected chi connectivity index (χ2v) is 6.64. The molecule has 2 aromatic carbocycles. The molecule has 8 heteroatoms. The van der Waals surface area contributed by atoms with E-state index in [0.717, 1.165) is 16.6 Å². The fourth-order valence-corrected chi connectivity index (χ4v) is 3.40. The number of thioether (sulfide) groups is 1. The molecule has 0 saturated carbocycles. The summed E-state index contributed by atoms with van der Waals surface area (Å²) in [7, 11) is 0. The van der Waals surface area contributed by atoms with Crippen molar-refractivity contribution in [2.24, 2.45) is 0 Å². The Morgan fingerprint density at radius 2 is 2.00 bits per heavy atom. The lowest BCUT2D eigenvalue weighted by molar-refractivity contribution is -0.672. The van der Waals surface area contributed by atoms with E-state index >= 15 is 0 Å². The van der Waals surface area contributed by atoms with E-state index in [1.54, 1.807) is 6.07 Å². The molecule has 4 rings (SSSR count). The van der Waals surface area contributed by atoms with Gasteiger partial charge in [0.1, 0.15) is 0 Å². The van der Waals surface area contributed by atoms with Crippen molar-refractivity contribution in [2.45, 2.75) is 12.1 Å². The van der Waals surface area contributed by atoms with E-state index in [0.29, 0.717) is 10.8 Å². The van der Waals surface area contributed by atoms with Gasteiger partial charge in [-0.05, 0) is 23.7 Å². The lowest BCUT2D eigenvalue weighted by Crippen LogP contribution is -2.40. The zero-order chi connectivity index (χ0) is 18.1. The number of fused-ring (bicyclic) bond motifs is 1. The van der Waals surface area contributed by atoms with Gasteiger partial charge >= 0.3 is 5.69 Å².